The van der Waals surface area contributed by atoms with Gasteiger partial charge < -0.3 is 33.7 Å². The summed E-state index contributed by atoms with van der Waals surface area (Å²) >= 11 is 0. The van der Waals surface area contributed by atoms with Crippen LogP contribution in [-0.2, 0) is 30.2 Å². The van der Waals surface area contributed by atoms with E-state index in [9.17, 15) is 14.4 Å². The normalized spacial score (nSPS) is 20.1. The number of rotatable bonds is 13. The molecule has 2 heterocycles. The number of nitrogens with one attached hydrogen (secondary N) is 1. The number of carbonyl (C=O) groups is 3. The molecule has 0 bridgehead atoms. The fourth-order valence-corrected chi connectivity index (χ4v) is 5.37. The van der Waals surface area contributed by atoms with E-state index in [4.69, 9.17) is 28.4 Å². The second kappa shape index (κ2) is 17.7. The Hall–Kier alpha value is -4.64. The number of esters is 2. The van der Waals surface area contributed by atoms with Gasteiger partial charge >= 0.3 is 11.9 Å². The molecule has 1 aliphatic heterocycles. The molecule has 0 saturated carbocycles. The van der Waals surface area contributed by atoms with Crippen molar-refractivity contribution >= 4 is 17.8 Å². The second-order valence-corrected chi connectivity index (χ2v) is 10.9. The van der Waals surface area contributed by atoms with Crippen molar-refractivity contribution in [2.45, 2.75) is 64.2 Å². The molecule has 1 amide bonds. The summed E-state index contributed by atoms with van der Waals surface area (Å²) in [6.07, 6.45) is 3.81. The first-order chi connectivity index (χ1) is 22.4. The molecular formula is C35H42N2O9. The van der Waals surface area contributed by atoms with Gasteiger partial charge in [0.05, 0.1) is 7.11 Å². The molecule has 46 heavy (non-hydrogen) atoms. The van der Waals surface area contributed by atoms with Crippen LogP contribution in [0.2, 0.25) is 0 Å². The number of cyclic esters (lactones) is 1. The Bertz CT molecular complexity index is 1400. The molecular weight excluding hydrogens is 592 g/mol. The van der Waals surface area contributed by atoms with Crippen LogP contribution in [0.25, 0.3) is 0 Å². The molecule has 246 valence electrons. The van der Waals surface area contributed by atoms with Crippen molar-refractivity contribution in [1.82, 2.24) is 10.3 Å². The largest absolute Gasteiger partial charge is 0.493 e. The zero-order valence-electron chi connectivity index (χ0n) is 26.5. The maximum Gasteiger partial charge on any atom is 0.334 e. The summed E-state index contributed by atoms with van der Waals surface area (Å²) in [6.45, 7) is 3.21. The molecule has 3 aromatic rings. The van der Waals surface area contributed by atoms with Crippen LogP contribution in [-0.4, -0.2) is 68.2 Å². The van der Waals surface area contributed by atoms with Gasteiger partial charge in [-0.05, 0) is 50.8 Å². The molecule has 0 spiro atoms. The van der Waals surface area contributed by atoms with Gasteiger partial charge in [0.25, 0.3) is 5.91 Å². The molecule has 1 saturated heterocycles. The van der Waals surface area contributed by atoms with Gasteiger partial charge in [0.15, 0.2) is 17.2 Å². The molecule has 4 atom stereocenters. The van der Waals surface area contributed by atoms with Gasteiger partial charge in [0.2, 0.25) is 6.79 Å². The van der Waals surface area contributed by atoms with Crippen molar-refractivity contribution in [3.63, 3.8) is 0 Å². The molecule has 11 nitrogen and oxygen atoms in total. The van der Waals surface area contributed by atoms with E-state index in [1.165, 1.54) is 24.9 Å². The third-order valence-electron chi connectivity index (χ3n) is 7.64. The third kappa shape index (κ3) is 9.93. The molecule has 0 aliphatic carbocycles. The van der Waals surface area contributed by atoms with E-state index in [1.54, 1.807) is 6.92 Å². The minimum atomic E-state index is -0.942. The molecule has 1 aliphatic rings. The average molecular weight is 635 g/mol. The zero-order valence-corrected chi connectivity index (χ0v) is 26.5. The van der Waals surface area contributed by atoms with Gasteiger partial charge in [0.1, 0.15) is 30.6 Å². The summed E-state index contributed by atoms with van der Waals surface area (Å²) in [6, 6.07) is 20.3. The molecule has 0 unspecified atom stereocenters. The monoisotopic (exact) mass is 634 g/mol. The number of pyridine rings is 1. The van der Waals surface area contributed by atoms with E-state index in [2.05, 4.69) is 22.4 Å². The van der Waals surface area contributed by atoms with Crippen LogP contribution < -0.4 is 19.5 Å². The molecule has 0 radical (unpaired) electrons. The number of methoxy groups -OCH3 is 1. The highest BCUT2D eigenvalue weighted by molar-refractivity contribution is 5.98. The number of hydrogen-bond acceptors (Lipinski definition) is 10. The molecule has 1 fully saturated rings. The van der Waals surface area contributed by atoms with Crippen LogP contribution in [0.5, 0.6) is 17.2 Å². The highest BCUT2D eigenvalue weighted by Crippen LogP contribution is 2.31. The average Bonchev–Trinajstić information content (AvgIpc) is 3.07. The molecule has 11 heteroatoms. The summed E-state index contributed by atoms with van der Waals surface area (Å²) in [7, 11) is 1.41. The maximum atomic E-state index is 13.6. The molecule has 2 aromatic carbocycles. The van der Waals surface area contributed by atoms with E-state index in [1.807, 2.05) is 55.5 Å². The lowest BCUT2D eigenvalue weighted by molar-refractivity contribution is -0.158. The van der Waals surface area contributed by atoms with Gasteiger partial charge in [-0.3, -0.25) is 4.79 Å². The second-order valence-electron chi connectivity index (χ2n) is 10.9. The van der Waals surface area contributed by atoms with Gasteiger partial charge in [0, 0.05) is 24.8 Å². The van der Waals surface area contributed by atoms with Crippen molar-refractivity contribution in [1.29, 1.82) is 0 Å². The summed E-state index contributed by atoms with van der Waals surface area (Å²) in [5.74, 6) is -0.926. The van der Waals surface area contributed by atoms with E-state index < -0.39 is 42.9 Å². The first-order valence-corrected chi connectivity index (χ1v) is 15.6. The van der Waals surface area contributed by atoms with E-state index >= 15 is 0 Å². The number of ether oxygens (including phenoxy) is 6. The minimum absolute atomic E-state index is 0.0339. The summed E-state index contributed by atoms with van der Waals surface area (Å²) in [4.78, 5) is 43.1. The predicted molar refractivity (Wildman–Crippen MR) is 169 cm³/mol. The Morgan fingerprint density at radius 1 is 1.00 bits per heavy atom. The van der Waals surface area contributed by atoms with Crippen LogP contribution in [0.15, 0.2) is 72.9 Å². The van der Waals surface area contributed by atoms with E-state index in [0.717, 1.165) is 19.3 Å². The first-order valence-electron chi connectivity index (χ1n) is 15.6. The van der Waals surface area contributed by atoms with Gasteiger partial charge in [-0.15, -0.1) is 0 Å². The first kappa shape index (κ1) is 34.2. The van der Waals surface area contributed by atoms with Crippen LogP contribution >= 0.6 is 0 Å². The molecule has 1 aromatic heterocycles. The number of nitrogens with zero attached hydrogens (tertiary/aromatic N) is 1. The van der Waals surface area contributed by atoms with Crippen LogP contribution in [0, 0.1) is 5.92 Å². The fourth-order valence-electron chi connectivity index (χ4n) is 5.37. The number of benzene rings is 2. The van der Waals surface area contributed by atoms with Gasteiger partial charge in [-0.1, -0.05) is 61.4 Å². The minimum Gasteiger partial charge on any atom is -0.493 e. The SMILES string of the molecule is CCOCC(=O)OCOc1c(OC)ccnc1C(=O)N[C@H]1CCCC[C@H](Cc2ccccc2)[C@@H](Oc2ccccc2)[C@H](C)OC1=O. The van der Waals surface area contributed by atoms with Crippen molar-refractivity contribution in [3.05, 3.63) is 84.2 Å². The lowest BCUT2D eigenvalue weighted by Gasteiger charge is -2.34. The summed E-state index contributed by atoms with van der Waals surface area (Å²) in [5, 5.41) is 2.78. The number of aromatic nitrogens is 1. The van der Waals surface area contributed by atoms with Crippen molar-refractivity contribution < 1.29 is 42.8 Å². The third-order valence-corrected chi connectivity index (χ3v) is 7.64. The maximum absolute atomic E-state index is 13.6. The molecule has 1 N–H and O–H groups in total. The highest BCUT2D eigenvalue weighted by Gasteiger charge is 2.35. The van der Waals surface area contributed by atoms with Crippen LogP contribution in [0.1, 0.15) is 55.6 Å². The summed E-state index contributed by atoms with van der Waals surface area (Å²) in [5.41, 5.74) is 1.05. The predicted octanol–water partition coefficient (Wildman–Crippen LogP) is 4.92. The Morgan fingerprint density at radius 3 is 2.43 bits per heavy atom. The summed E-state index contributed by atoms with van der Waals surface area (Å²) < 4.78 is 33.5. The fraction of sp³-hybridized carbons (Fsp3) is 0.429. The number of amides is 1. The zero-order chi connectivity index (χ0) is 32.7. The Balaban J connectivity index is 1.49. The van der Waals surface area contributed by atoms with Gasteiger partial charge in [-0.25, -0.2) is 14.6 Å². The highest BCUT2D eigenvalue weighted by atomic mass is 16.7. The van der Waals surface area contributed by atoms with Gasteiger partial charge in [-0.2, -0.15) is 0 Å². The Kier molecular flexibility index (Phi) is 13.2. The smallest absolute Gasteiger partial charge is 0.334 e. The van der Waals surface area contributed by atoms with Crippen LogP contribution in [0.3, 0.4) is 0 Å². The van der Waals surface area contributed by atoms with Crippen LogP contribution in [0.4, 0.5) is 0 Å². The number of carbonyl (C=O) groups excluding carboxylic acids is 3. The van der Waals surface area contributed by atoms with E-state index in [-0.39, 0.29) is 29.7 Å². The topological polar surface area (TPSA) is 132 Å². The van der Waals surface area contributed by atoms with Crippen molar-refractivity contribution in [2.24, 2.45) is 5.92 Å². The molecule has 4 rings (SSSR count). The van der Waals surface area contributed by atoms with Crippen molar-refractivity contribution in [3.8, 4) is 17.2 Å². The Morgan fingerprint density at radius 2 is 1.72 bits per heavy atom. The number of hydrogen-bond donors (Lipinski definition) is 1. The lowest BCUT2D eigenvalue weighted by atomic mass is 9.86. The quantitative estimate of drug-likeness (QED) is 0.204. The lowest BCUT2D eigenvalue weighted by Crippen LogP contribution is -2.47. The van der Waals surface area contributed by atoms with E-state index in [0.29, 0.717) is 25.2 Å². The Labute approximate surface area is 269 Å². The van der Waals surface area contributed by atoms with Crippen molar-refractivity contribution in [2.75, 3.05) is 27.1 Å². The standard InChI is InChI=1S/C35H42N2O9/c1-4-42-22-30(38)43-23-44-33-29(41-3)19-20-36-31(33)34(39)37-28-18-12-11-15-26(21-25-13-7-5-8-14-25)32(24(2)45-35(28)40)46-27-16-9-6-10-17-27/h5-10,13-14,16-17,19-20,24,26,28,32H,4,11-12,15,18,21-23H2,1-3H3,(H,37,39)/t24-,26+,28-,32-/m0/s1. The number of para-hydroxylation sites is 1.